The van der Waals surface area contributed by atoms with Gasteiger partial charge in [-0.1, -0.05) is 25.1 Å². The Kier molecular flexibility index (Phi) is 2.83. The Morgan fingerprint density at radius 3 is 2.67 bits per heavy atom. The van der Waals surface area contributed by atoms with E-state index in [1.807, 2.05) is 0 Å². The van der Waals surface area contributed by atoms with Crippen LogP contribution in [0, 0.1) is 6.92 Å². The molecule has 0 heterocycles. The molecule has 0 radical (unpaired) electrons. The third-order valence-electron chi connectivity index (χ3n) is 3.60. The minimum Gasteiger partial charge on any atom is -0.325 e. The maximum Gasteiger partial charge on any atom is 0.0158 e. The highest BCUT2D eigenvalue weighted by Crippen LogP contribution is 2.36. The van der Waals surface area contributed by atoms with Crippen molar-refractivity contribution < 1.29 is 0 Å². The van der Waals surface area contributed by atoms with Crippen molar-refractivity contribution in [2.75, 3.05) is 0 Å². The van der Waals surface area contributed by atoms with E-state index >= 15 is 0 Å². The molecule has 1 aliphatic rings. The molecule has 0 aromatic heterocycles. The molecule has 2 rings (SSSR count). The Bertz CT molecular complexity index is 350. The summed E-state index contributed by atoms with van der Waals surface area (Å²) in [5.74, 6) is 0. The fourth-order valence-electron chi connectivity index (χ4n) is 2.07. The van der Waals surface area contributed by atoms with Crippen LogP contribution in [0.25, 0.3) is 0 Å². The first-order valence-electron chi connectivity index (χ1n) is 6.00. The van der Waals surface area contributed by atoms with E-state index in [-0.39, 0.29) is 5.54 Å². The van der Waals surface area contributed by atoms with Gasteiger partial charge >= 0.3 is 0 Å². The summed E-state index contributed by atoms with van der Waals surface area (Å²) in [6, 6.07) is 6.84. The Morgan fingerprint density at radius 1 is 1.33 bits per heavy atom. The van der Waals surface area contributed by atoms with Crippen LogP contribution in [-0.2, 0) is 12.8 Å². The lowest BCUT2D eigenvalue weighted by atomic mass is 9.98. The van der Waals surface area contributed by atoms with Crippen molar-refractivity contribution in [3.05, 3.63) is 34.9 Å². The summed E-state index contributed by atoms with van der Waals surface area (Å²) < 4.78 is 0. The van der Waals surface area contributed by atoms with Crippen LogP contribution in [0.2, 0.25) is 0 Å². The topological polar surface area (TPSA) is 26.0 Å². The summed E-state index contributed by atoms with van der Waals surface area (Å²) in [4.78, 5) is 0. The van der Waals surface area contributed by atoms with Gasteiger partial charge < -0.3 is 5.73 Å². The maximum absolute atomic E-state index is 6.09. The Hall–Kier alpha value is -0.820. The van der Waals surface area contributed by atoms with Crippen molar-refractivity contribution in [1.82, 2.24) is 0 Å². The van der Waals surface area contributed by atoms with E-state index < -0.39 is 0 Å². The van der Waals surface area contributed by atoms with E-state index in [9.17, 15) is 0 Å². The molecule has 0 bridgehead atoms. The minimum atomic E-state index is 0.192. The van der Waals surface area contributed by atoms with Gasteiger partial charge in [-0.2, -0.15) is 0 Å². The molecule has 15 heavy (non-hydrogen) atoms. The number of nitrogens with two attached hydrogens (primary N) is 1. The SMILES string of the molecule is CCc1cc(CCC2(N)CC2)ccc1C. The first-order chi connectivity index (χ1) is 7.13. The number of benzene rings is 1. The molecule has 1 fully saturated rings. The second kappa shape index (κ2) is 3.97. The predicted molar refractivity (Wildman–Crippen MR) is 65.0 cm³/mol. The van der Waals surface area contributed by atoms with Crippen LogP contribution in [0.4, 0.5) is 0 Å². The molecular weight excluding hydrogens is 182 g/mol. The number of hydrogen-bond acceptors (Lipinski definition) is 1. The lowest BCUT2D eigenvalue weighted by Gasteiger charge is -2.10. The Morgan fingerprint density at radius 2 is 2.07 bits per heavy atom. The molecule has 0 saturated heterocycles. The fourth-order valence-corrected chi connectivity index (χ4v) is 2.07. The second-order valence-corrected chi connectivity index (χ2v) is 4.98. The molecule has 1 saturated carbocycles. The molecule has 1 aromatic rings. The van der Waals surface area contributed by atoms with E-state index in [1.165, 1.54) is 29.5 Å². The highest BCUT2D eigenvalue weighted by molar-refractivity contribution is 5.31. The van der Waals surface area contributed by atoms with Gasteiger partial charge in [0.15, 0.2) is 0 Å². The molecule has 0 amide bonds. The van der Waals surface area contributed by atoms with Gasteiger partial charge in [-0.25, -0.2) is 0 Å². The largest absolute Gasteiger partial charge is 0.325 e. The smallest absolute Gasteiger partial charge is 0.0158 e. The molecule has 0 atom stereocenters. The molecular formula is C14H21N. The van der Waals surface area contributed by atoms with Crippen LogP contribution >= 0.6 is 0 Å². The summed E-state index contributed by atoms with van der Waals surface area (Å²) in [5.41, 5.74) is 10.6. The first kappa shape index (κ1) is 10.7. The summed E-state index contributed by atoms with van der Waals surface area (Å²) >= 11 is 0. The van der Waals surface area contributed by atoms with Gasteiger partial charge in [-0.3, -0.25) is 0 Å². The zero-order valence-electron chi connectivity index (χ0n) is 9.84. The van der Waals surface area contributed by atoms with Crippen molar-refractivity contribution >= 4 is 0 Å². The van der Waals surface area contributed by atoms with E-state index in [0.29, 0.717) is 0 Å². The maximum atomic E-state index is 6.09. The average Bonchev–Trinajstić information content (AvgIpc) is 2.96. The monoisotopic (exact) mass is 203 g/mol. The Balaban J connectivity index is 2.01. The van der Waals surface area contributed by atoms with Crippen LogP contribution in [0.3, 0.4) is 0 Å². The molecule has 1 nitrogen and oxygen atoms in total. The number of aryl methyl sites for hydroxylation is 3. The van der Waals surface area contributed by atoms with Gasteiger partial charge in [0.2, 0.25) is 0 Å². The number of rotatable bonds is 4. The van der Waals surface area contributed by atoms with Gasteiger partial charge in [0, 0.05) is 5.54 Å². The quantitative estimate of drug-likeness (QED) is 0.800. The highest BCUT2D eigenvalue weighted by Gasteiger charge is 2.37. The van der Waals surface area contributed by atoms with E-state index in [0.717, 1.165) is 19.3 Å². The van der Waals surface area contributed by atoms with Crippen molar-refractivity contribution in [1.29, 1.82) is 0 Å². The van der Waals surface area contributed by atoms with Crippen LogP contribution < -0.4 is 5.73 Å². The standard InChI is InChI=1S/C14H21N/c1-3-13-10-12(5-4-11(13)2)6-7-14(15)8-9-14/h4-5,10H,3,6-9,15H2,1-2H3. The molecule has 1 aromatic carbocycles. The Labute approximate surface area is 92.7 Å². The van der Waals surface area contributed by atoms with Gasteiger partial charge in [-0.15, -0.1) is 0 Å². The zero-order valence-corrected chi connectivity index (χ0v) is 9.84. The molecule has 82 valence electrons. The lowest BCUT2D eigenvalue weighted by Crippen LogP contribution is -2.22. The summed E-state index contributed by atoms with van der Waals surface area (Å²) in [7, 11) is 0. The molecule has 0 aliphatic heterocycles. The molecule has 2 N–H and O–H groups in total. The number of hydrogen-bond donors (Lipinski definition) is 1. The average molecular weight is 203 g/mol. The first-order valence-corrected chi connectivity index (χ1v) is 6.00. The van der Waals surface area contributed by atoms with E-state index in [4.69, 9.17) is 5.73 Å². The van der Waals surface area contributed by atoms with Crippen molar-refractivity contribution in [3.63, 3.8) is 0 Å². The van der Waals surface area contributed by atoms with E-state index in [1.54, 1.807) is 0 Å². The van der Waals surface area contributed by atoms with Crippen molar-refractivity contribution in [2.24, 2.45) is 5.73 Å². The van der Waals surface area contributed by atoms with Crippen molar-refractivity contribution in [2.45, 2.75) is 51.5 Å². The van der Waals surface area contributed by atoms with Crippen LogP contribution in [0.1, 0.15) is 42.9 Å². The van der Waals surface area contributed by atoms with E-state index in [2.05, 4.69) is 32.0 Å². The van der Waals surface area contributed by atoms with Gasteiger partial charge in [0.1, 0.15) is 0 Å². The fraction of sp³-hybridized carbons (Fsp3) is 0.571. The zero-order chi connectivity index (χ0) is 10.9. The normalized spacial score (nSPS) is 17.8. The minimum absolute atomic E-state index is 0.192. The predicted octanol–water partition coefficient (Wildman–Crippen LogP) is 2.98. The lowest BCUT2D eigenvalue weighted by molar-refractivity contribution is 0.609. The van der Waals surface area contributed by atoms with Gasteiger partial charge in [0.05, 0.1) is 0 Å². The highest BCUT2D eigenvalue weighted by atomic mass is 14.8. The molecule has 1 heteroatoms. The summed E-state index contributed by atoms with van der Waals surface area (Å²) in [6.07, 6.45) is 5.87. The molecule has 0 spiro atoms. The van der Waals surface area contributed by atoms with Crippen LogP contribution in [-0.4, -0.2) is 5.54 Å². The third-order valence-corrected chi connectivity index (χ3v) is 3.60. The summed E-state index contributed by atoms with van der Waals surface area (Å²) in [5, 5.41) is 0. The summed E-state index contributed by atoms with van der Waals surface area (Å²) in [6.45, 7) is 4.41. The van der Waals surface area contributed by atoms with Gasteiger partial charge in [-0.05, 0) is 55.7 Å². The molecule has 0 unspecified atom stereocenters. The van der Waals surface area contributed by atoms with Crippen molar-refractivity contribution in [3.8, 4) is 0 Å². The van der Waals surface area contributed by atoms with Gasteiger partial charge in [0.25, 0.3) is 0 Å². The third kappa shape index (κ3) is 2.60. The second-order valence-electron chi connectivity index (χ2n) is 4.98. The van der Waals surface area contributed by atoms with Crippen LogP contribution in [0.15, 0.2) is 18.2 Å². The molecule has 1 aliphatic carbocycles. The van der Waals surface area contributed by atoms with Crippen LogP contribution in [0.5, 0.6) is 0 Å².